The van der Waals surface area contributed by atoms with Crippen LogP contribution in [0.25, 0.3) is 11.0 Å². The van der Waals surface area contributed by atoms with Gasteiger partial charge in [0.15, 0.2) is 0 Å². The molecule has 0 saturated heterocycles. The summed E-state index contributed by atoms with van der Waals surface area (Å²) in [5.74, 6) is 0.0992. The Morgan fingerprint density at radius 3 is 2.94 bits per heavy atom. The van der Waals surface area contributed by atoms with Crippen molar-refractivity contribution in [1.82, 2.24) is 9.97 Å². The first kappa shape index (κ1) is 15.4. The van der Waals surface area contributed by atoms with Crippen molar-refractivity contribution in [3.8, 4) is 0 Å². The maximum atomic E-state index is 11.0. The number of ketones is 1. The predicted molar refractivity (Wildman–Crippen MR) is 70.8 cm³/mol. The van der Waals surface area contributed by atoms with Crippen molar-refractivity contribution in [2.75, 3.05) is 6.54 Å². The molecule has 16 heavy (non-hydrogen) atoms. The molecule has 0 amide bonds. The summed E-state index contributed by atoms with van der Waals surface area (Å²) >= 11 is 1.64. The molecule has 2 rings (SSSR count). The summed E-state index contributed by atoms with van der Waals surface area (Å²) in [5, 5.41) is 2.02. The maximum absolute atomic E-state index is 11.0. The fraction of sp³-hybridized carbons (Fsp3) is 0.333. The van der Waals surface area contributed by atoms with Gasteiger partial charge in [-0.25, -0.2) is 4.98 Å². The Morgan fingerprint density at radius 1 is 1.50 bits per heavy atom. The molecule has 0 aliphatic heterocycles. The van der Waals surface area contributed by atoms with Crippen LogP contribution < -0.4 is 5.73 Å². The topological polar surface area (TPSA) is 71.8 Å². The summed E-state index contributed by atoms with van der Waals surface area (Å²) in [6, 6.07) is 0. The van der Waals surface area contributed by atoms with E-state index in [1.165, 1.54) is 0 Å². The van der Waals surface area contributed by atoms with Crippen molar-refractivity contribution in [2.24, 2.45) is 5.73 Å². The summed E-state index contributed by atoms with van der Waals surface area (Å²) in [7, 11) is 0. The molecule has 0 bridgehead atoms. The fourth-order valence-electron chi connectivity index (χ4n) is 1.33. The highest BCUT2D eigenvalue weighted by Gasteiger charge is 2.07. The van der Waals surface area contributed by atoms with Gasteiger partial charge in [0.2, 0.25) is 0 Å². The average molecular weight is 282 g/mol. The molecule has 3 N–H and O–H groups in total. The number of rotatable bonds is 4. The third kappa shape index (κ3) is 3.18. The summed E-state index contributed by atoms with van der Waals surface area (Å²) in [6.45, 7) is 0.134. The lowest BCUT2D eigenvalue weighted by molar-refractivity contribution is -0.117. The Labute approximate surface area is 109 Å². The Bertz CT molecular complexity index is 454. The van der Waals surface area contributed by atoms with E-state index in [-0.39, 0.29) is 37.1 Å². The SMILES string of the molecule is Cl.Cl.NCC(=O)CCc1scc2[nH]cnc12. The summed E-state index contributed by atoms with van der Waals surface area (Å²) in [5.41, 5.74) is 7.27. The van der Waals surface area contributed by atoms with Gasteiger partial charge in [0.05, 0.1) is 18.4 Å². The van der Waals surface area contributed by atoms with Gasteiger partial charge >= 0.3 is 0 Å². The van der Waals surface area contributed by atoms with Gasteiger partial charge in [0.1, 0.15) is 11.3 Å². The number of nitrogens with two attached hydrogens (primary N) is 1. The number of fused-ring (bicyclic) bond motifs is 1. The van der Waals surface area contributed by atoms with Gasteiger partial charge in [-0.3, -0.25) is 4.79 Å². The predicted octanol–water partition coefficient (Wildman–Crippen LogP) is 1.93. The third-order valence-corrected chi connectivity index (χ3v) is 3.15. The zero-order valence-electron chi connectivity index (χ0n) is 8.43. The number of hydrogen-bond donors (Lipinski definition) is 2. The van der Waals surface area contributed by atoms with Crippen LogP contribution in [0, 0.1) is 0 Å². The van der Waals surface area contributed by atoms with Crippen molar-refractivity contribution >= 4 is 53.0 Å². The van der Waals surface area contributed by atoms with Crippen molar-refractivity contribution in [2.45, 2.75) is 12.8 Å². The molecule has 2 aromatic heterocycles. The highest BCUT2D eigenvalue weighted by Crippen LogP contribution is 2.23. The van der Waals surface area contributed by atoms with Gasteiger partial charge in [-0.05, 0) is 6.42 Å². The van der Waals surface area contributed by atoms with Crippen LogP contribution in [0.4, 0.5) is 0 Å². The number of aromatic nitrogens is 2. The molecule has 0 aliphatic carbocycles. The summed E-state index contributed by atoms with van der Waals surface area (Å²) in [4.78, 5) is 19.4. The number of hydrogen-bond acceptors (Lipinski definition) is 4. The summed E-state index contributed by atoms with van der Waals surface area (Å²) in [6.07, 6.45) is 2.93. The molecular weight excluding hydrogens is 269 g/mol. The second-order valence-electron chi connectivity index (χ2n) is 3.07. The lowest BCUT2D eigenvalue weighted by atomic mass is 10.2. The molecule has 90 valence electrons. The van der Waals surface area contributed by atoms with E-state index < -0.39 is 0 Å². The van der Waals surface area contributed by atoms with E-state index in [0.29, 0.717) is 6.42 Å². The van der Waals surface area contributed by atoms with E-state index in [1.54, 1.807) is 17.7 Å². The minimum atomic E-state index is 0. The van der Waals surface area contributed by atoms with Crippen molar-refractivity contribution in [3.63, 3.8) is 0 Å². The standard InChI is InChI=1S/C9H11N3OS.2ClH/c10-3-6(13)1-2-8-9-7(4-14-8)11-5-12-9;;/h4-5H,1-3,10H2,(H,11,12);2*1H. The van der Waals surface area contributed by atoms with E-state index in [4.69, 9.17) is 5.73 Å². The van der Waals surface area contributed by atoms with Crippen molar-refractivity contribution in [1.29, 1.82) is 0 Å². The Kier molecular flexibility index (Phi) is 6.59. The van der Waals surface area contributed by atoms with Crippen LogP contribution in [0.15, 0.2) is 11.7 Å². The average Bonchev–Trinajstić information content (AvgIpc) is 2.76. The van der Waals surface area contributed by atoms with Crippen LogP contribution in [-0.4, -0.2) is 22.3 Å². The Balaban J connectivity index is 0.00000112. The first-order valence-corrected chi connectivity index (χ1v) is 5.30. The van der Waals surface area contributed by atoms with Crippen LogP contribution in [-0.2, 0) is 11.2 Å². The Hall–Kier alpha value is -0.620. The van der Waals surface area contributed by atoms with E-state index in [1.807, 2.05) is 5.38 Å². The van der Waals surface area contributed by atoms with Gasteiger partial charge in [-0.1, -0.05) is 0 Å². The largest absolute Gasteiger partial charge is 0.344 e. The number of thiophene rings is 1. The zero-order chi connectivity index (χ0) is 9.97. The number of H-pyrrole nitrogens is 1. The van der Waals surface area contributed by atoms with Gasteiger partial charge < -0.3 is 10.7 Å². The molecule has 0 unspecified atom stereocenters. The number of imidazole rings is 1. The number of aryl methyl sites for hydroxylation is 1. The first-order chi connectivity index (χ1) is 6.81. The zero-order valence-corrected chi connectivity index (χ0v) is 10.9. The molecular formula is C9H13Cl2N3OS. The Morgan fingerprint density at radius 2 is 2.25 bits per heavy atom. The number of carbonyl (C=O) groups excluding carboxylic acids is 1. The number of nitrogens with one attached hydrogen (secondary N) is 1. The lowest BCUT2D eigenvalue weighted by Gasteiger charge is -1.94. The molecule has 0 radical (unpaired) electrons. The van der Waals surface area contributed by atoms with Crippen LogP contribution in [0.2, 0.25) is 0 Å². The maximum Gasteiger partial charge on any atom is 0.146 e. The molecule has 0 aromatic carbocycles. The highest BCUT2D eigenvalue weighted by molar-refractivity contribution is 7.11. The molecule has 0 atom stereocenters. The summed E-state index contributed by atoms with van der Waals surface area (Å²) < 4.78 is 0. The molecule has 7 heteroatoms. The van der Waals surface area contributed by atoms with E-state index in [2.05, 4.69) is 9.97 Å². The van der Waals surface area contributed by atoms with Gasteiger partial charge in [0.25, 0.3) is 0 Å². The number of carbonyl (C=O) groups is 1. The number of halogens is 2. The second kappa shape index (κ2) is 6.85. The molecule has 4 nitrogen and oxygen atoms in total. The molecule has 2 aromatic rings. The molecule has 0 saturated carbocycles. The van der Waals surface area contributed by atoms with Gasteiger partial charge in [-0.15, -0.1) is 36.2 Å². The van der Waals surface area contributed by atoms with E-state index >= 15 is 0 Å². The highest BCUT2D eigenvalue weighted by atomic mass is 35.5. The van der Waals surface area contributed by atoms with Gasteiger partial charge in [0, 0.05) is 16.7 Å². The van der Waals surface area contributed by atoms with E-state index in [9.17, 15) is 4.79 Å². The fourth-order valence-corrected chi connectivity index (χ4v) is 2.27. The molecule has 0 aliphatic rings. The normalized spacial score (nSPS) is 9.56. The van der Waals surface area contributed by atoms with Crippen LogP contribution in [0.3, 0.4) is 0 Å². The minimum Gasteiger partial charge on any atom is -0.344 e. The van der Waals surface area contributed by atoms with Crippen molar-refractivity contribution in [3.05, 3.63) is 16.6 Å². The quantitative estimate of drug-likeness (QED) is 0.900. The van der Waals surface area contributed by atoms with Crippen LogP contribution in [0.1, 0.15) is 11.3 Å². The van der Waals surface area contributed by atoms with Crippen LogP contribution in [0.5, 0.6) is 0 Å². The first-order valence-electron chi connectivity index (χ1n) is 4.42. The number of nitrogens with zero attached hydrogens (tertiary/aromatic N) is 1. The van der Waals surface area contributed by atoms with E-state index in [0.717, 1.165) is 22.3 Å². The lowest BCUT2D eigenvalue weighted by Crippen LogP contribution is -2.13. The molecule has 0 spiro atoms. The van der Waals surface area contributed by atoms with Crippen LogP contribution >= 0.6 is 36.2 Å². The monoisotopic (exact) mass is 281 g/mol. The number of aromatic amines is 1. The minimum absolute atomic E-state index is 0. The number of Topliss-reactive ketones (excluding diaryl/α,β-unsaturated/α-hetero) is 1. The van der Waals surface area contributed by atoms with Gasteiger partial charge in [-0.2, -0.15) is 0 Å². The third-order valence-electron chi connectivity index (χ3n) is 2.11. The second-order valence-corrected chi connectivity index (χ2v) is 4.03. The molecule has 2 heterocycles. The smallest absolute Gasteiger partial charge is 0.146 e. The molecule has 0 fully saturated rings. The van der Waals surface area contributed by atoms with Crippen molar-refractivity contribution < 1.29 is 4.79 Å².